The minimum Gasteiger partial charge on any atom is -0.451 e. The third kappa shape index (κ3) is 3.98. The van der Waals surface area contributed by atoms with E-state index in [0.717, 1.165) is 34.1 Å². The molecule has 1 fully saturated rings. The third-order valence-corrected chi connectivity index (χ3v) is 6.73. The summed E-state index contributed by atoms with van der Waals surface area (Å²) in [5, 5.41) is 6.20. The number of amides is 1. The first-order chi connectivity index (χ1) is 13.1. The number of rotatable bonds is 5. The van der Waals surface area contributed by atoms with Gasteiger partial charge in [-0.2, -0.15) is 0 Å². The van der Waals surface area contributed by atoms with Gasteiger partial charge in [0.25, 0.3) is 5.91 Å². The molecule has 2 aromatic heterocycles. The van der Waals surface area contributed by atoms with Crippen LogP contribution in [0.1, 0.15) is 46.3 Å². The molecule has 0 radical (unpaired) electrons. The van der Waals surface area contributed by atoms with Gasteiger partial charge in [-0.25, -0.2) is 0 Å². The summed E-state index contributed by atoms with van der Waals surface area (Å²) in [6.07, 6.45) is 3.76. The molecule has 1 aliphatic rings. The summed E-state index contributed by atoms with van der Waals surface area (Å²) in [7, 11) is 0. The zero-order valence-electron chi connectivity index (χ0n) is 15.3. The van der Waals surface area contributed by atoms with Crippen molar-refractivity contribution in [2.45, 2.75) is 32.2 Å². The van der Waals surface area contributed by atoms with Gasteiger partial charge in [0, 0.05) is 26.8 Å². The highest BCUT2D eigenvalue weighted by atomic mass is 79.9. The second-order valence-corrected chi connectivity index (χ2v) is 8.93. The molecule has 142 valence electrons. The number of aryl methyl sites for hydroxylation is 1. The van der Waals surface area contributed by atoms with E-state index in [1.807, 2.05) is 25.1 Å². The summed E-state index contributed by atoms with van der Waals surface area (Å²) >= 11 is 5.24. The van der Waals surface area contributed by atoms with E-state index in [0.29, 0.717) is 12.3 Å². The Hall–Kier alpha value is -1.63. The lowest BCUT2D eigenvalue weighted by Crippen LogP contribution is -2.40. The molecule has 6 heteroatoms. The number of halogens is 1. The molecule has 0 saturated carbocycles. The van der Waals surface area contributed by atoms with Crippen LogP contribution in [0, 0.1) is 6.92 Å². The molecule has 4 rings (SSSR count). The summed E-state index contributed by atoms with van der Waals surface area (Å²) in [5.41, 5.74) is 1.63. The van der Waals surface area contributed by atoms with Gasteiger partial charge in [0.1, 0.15) is 5.58 Å². The van der Waals surface area contributed by atoms with Gasteiger partial charge in [0.2, 0.25) is 0 Å². The lowest BCUT2D eigenvalue weighted by molar-refractivity contribution is 0.0899. The molecule has 0 bridgehead atoms. The number of furan rings is 1. The normalized spacial score (nSPS) is 16.5. The van der Waals surface area contributed by atoms with Crippen LogP contribution >= 0.6 is 27.3 Å². The SMILES string of the molecule is Cc1c(C(=O)NC[C@@H](c2cccs2)N2CCCCC2)oc2ccc(Br)cc12. The molecule has 3 heterocycles. The Morgan fingerprint density at radius 2 is 2.11 bits per heavy atom. The Bertz CT molecular complexity index is 929. The van der Waals surface area contributed by atoms with Crippen molar-refractivity contribution in [2.75, 3.05) is 19.6 Å². The Labute approximate surface area is 171 Å². The molecule has 0 unspecified atom stereocenters. The van der Waals surface area contributed by atoms with Crippen LogP contribution in [0.5, 0.6) is 0 Å². The molecular formula is C21H23BrN2O2S. The maximum absolute atomic E-state index is 12.8. The fourth-order valence-corrected chi connectivity index (χ4v) is 5.02. The number of piperidine rings is 1. The monoisotopic (exact) mass is 446 g/mol. The Balaban J connectivity index is 1.52. The maximum Gasteiger partial charge on any atom is 0.287 e. The van der Waals surface area contributed by atoms with Gasteiger partial charge in [-0.1, -0.05) is 28.4 Å². The first-order valence-corrected chi connectivity index (χ1v) is 11.0. The number of nitrogens with one attached hydrogen (secondary N) is 1. The fraction of sp³-hybridized carbons (Fsp3) is 0.381. The number of likely N-dealkylation sites (tertiary alicyclic amines) is 1. The van der Waals surface area contributed by atoms with Crippen LogP contribution in [0.25, 0.3) is 11.0 Å². The quantitative estimate of drug-likeness (QED) is 0.560. The molecule has 1 aromatic carbocycles. The highest BCUT2D eigenvalue weighted by molar-refractivity contribution is 9.10. The maximum atomic E-state index is 12.8. The predicted molar refractivity (Wildman–Crippen MR) is 113 cm³/mol. The minimum atomic E-state index is -0.140. The van der Waals surface area contributed by atoms with E-state index in [1.165, 1.54) is 24.1 Å². The smallest absolute Gasteiger partial charge is 0.287 e. The van der Waals surface area contributed by atoms with Crippen molar-refractivity contribution in [1.82, 2.24) is 10.2 Å². The van der Waals surface area contributed by atoms with Gasteiger partial charge in [-0.05, 0) is 62.5 Å². The minimum absolute atomic E-state index is 0.140. The number of benzene rings is 1. The molecular weight excluding hydrogens is 424 g/mol. The van der Waals surface area contributed by atoms with Crippen LogP contribution in [0.2, 0.25) is 0 Å². The van der Waals surface area contributed by atoms with Crippen molar-refractivity contribution in [3.05, 3.63) is 56.4 Å². The highest BCUT2D eigenvalue weighted by Crippen LogP contribution is 2.29. The van der Waals surface area contributed by atoms with Gasteiger partial charge in [-0.3, -0.25) is 9.69 Å². The zero-order chi connectivity index (χ0) is 18.8. The van der Waals surface area contributed by atoms with Crippen LogP contribution in [0.4, 0.5) is 0 Å². The van der Waals surface area contributed by atoms with Crippen LogP contribution < -0.4 is 5.32 Å². The number of hydrogen-bond acceptors (Lipinski definition) is 4. The van der Waals surface area contributed by atoms with Crippen molar-refractivity contribution in [2.24, 2.45) is 0 Å². The fourth-order valence-electron chi connectivity index (χ4n) is 3.80. The van der Waals surface area contributed by atoms with E-state index in [9.17, 15) is 4.79 Å². The number of fused-ring (bicyclic) bond motifs is 1. The zero-order valence-corrected chi connectivity index (χ0v) is 17.7. The molecule has 1 amide bonds. The highest BCUT2D eigenvalue weighted by Gasteiger charge is 2.25. The van der Waals surface area contributed by atoms with Crippen LogP contribution in [0.3, 0.4) is 0 Å². The van der Waals surface area contributed by atoms with E-state index in [2.05, 4.69) is 43.7 Å². The van der Waals surface area contributed by atoms with E-state index >= 15 is 0 Å². The number of thiophene rings is 1. The van der Waals surface area contributed by atoms with Gasteiger partial charge < -0.3 is 9.73 Å². The summed E-state index contributed by atoms with van der Waals surface area (Å²) < 4.78 is 6.82. The molecule has 1 atom stereocenters. The average molecular weight is 447 g/mol. The first-order valence-electron chi connectivity index (χ1n) is 9.38. The molecule has 3 aromatic rings. The molecule has 1 N–H and O–H groups in total. The Morgan fingerprint density at radius 3 is 2.85 bits per heavy atom. The summed E-state index contributed by atoms with van der Waals surface area (Å²) in [6.45, 7) is 4.72. The van der Waals surface area contributed by atoms with Crippen LogP contribution in [-0.4, -0.2) is 30.4 Å². The number of carbonyl (C=O) groups is 1. The topological polar surface area (TPSA) is 45.5 Å². The molecule has 4 nitrogen and oxygen atoms in total. The van der Waals surface area contributed by atoms with Crippen molar-refractivity contribution in [3.8, 4) is 0 Å². The van der Waals surface area contributed by atoms with Gasteiger partial charge in [-0.15, -0.1) is 11.3 Å². The van der Waals surface area contributed by atoms with Crippen LogP contribution in [0.15, 0.2) is 44.6 Å². The molecule has 27 heavy (non-hydrogen) atoms. The van der Waals surface area contributed by atoms with Crippen molar-refractivity contribution >= 4 is 44.1 Å². The molecule has 0 spiro atoms. The van der Waals surface area contributed by atoms with Crippen molar-refractivity contribution in [3.63, 3.8) is 0 Å². The van der Waals surface area contributed by atoms with E-state index in [4.69, 9.17) is 4.42 Å². The predicted octanol–water partition coefficient (Wildman–Crippen LogP) is 5.52. The third-order valence-electron chi connectivity index (χ3n) is 5.26. The van der Waals surface area contributed by atoms with Gasteiger partial charge in [0.05, 0.1) is 6.04 Å². The lowest BCUT2D eigenvalue weighted by Gasteiger charge is -2.34. The summed E-state index contributed by atoms with van der Waals surface area (Å²) in [4.78, 5) is 16.7. The van der Waals surface area contributed by atoms with E-state index in [1.54, 1.807) is 11.3 Å². The second-order valence-electron chi connectivity index (χ2n) is 7.03. The lowest BCUT2D eigenvalue weighted by atomic mass is 10.1. The Morgan fingerprint density at radius 1 is 1.30 bits per heavy atom. The molecule has 0 aliphatic carbocycles. The first kappa shape index (κ1) is 18.7. The largest absolute Gasteiger partial charge is 0.451 e. The average Bonchev–Trinajstić information content (AvgIpc) is 3.32. The summed E-state index contributed by atoms with van der Waals surface area (Å²) in [6, 6.07) is 10.3. The van der Waals surface area contributed by atoms with Crippen molar-refractivity contribution < 1.29 is 9.21 Å². The molecule has 1 saturated heterocycles. The Kier molecular flexibility index (Phi) is 5.66. The van der Waals surface area contributed by atoms with Crippen LogP contribution in [-0.2, 0) is 0 Å². The second kappa shape index (κ2) is 8.17. The number of carbonyl (C=O) groups excluding carboxylic acids is 1. The standard InChI is InChI=1S/C21H23BrN2O2S/c1-14-16-12-15(22)7-8-18(16)26-20(14)21(25)23-13-17(19-6-5-11-27-19)24-9-3-2-4-10-24/h5-8,11-12,17H,2-4,9-10,13H2,1H3,(H,23,25)/t17-/m0/s1. The number of hydrogen-bond donors (Lipinski definition) is 1. The van der Waals surface area contributed by atoms with Crippen molar-refractivity contribution in [1.29, 1.82) is 0 Å². The van der Waals surface area contributed by atoms with Gasteiger partial charge in [0.15, 0.2) is 5.76 Å². The summed E-state index contributed by atoms with van der Waals surface area (Å²) in [5.74, 6) is 0.269. The van der Waals surface area contributed by atoms with E-state index < -0.39 is 0 Å². The van der Waals surface area contributed by atoms with Gasteiger partial charge >= 0.3 is 0 Å². The molecule has 1 aliphatic heterocycles. The number of nitrogens with zero attached hydrogens (tertiary/aromatic N) is 1. The van der Waals surface area contributed by atoms with E-state index in [-0.39, 0.29) is 11.9 Å².